The summed E-state index contributed by atoms with van der Waals surface area (Å²) in [5, 5.41) is 3.12. The molecule has 1 saturated heterocycles. The van der Waals surface area contributed by atoms with Crippen LogP contribution in [0.1, 0.15) is 23.2 Å². The molecule has 1 aromatic rings. The molecule has 1 aliphatic rings. The van der Waals surface area contributed by atoms with Crippen molar-refractivity contribution in [2.45, 2.75) is 12.8 Å². The zero-order valence-electron chi connectivity index (χ0n) is 9.21. The van der Waals surface area contributed by atoms with E-state index < -0.39 is 11.6 Å². The summed E-state index contributed by atoms with van der Waals surface area (Å²) in [5.41, 5.74) is 0.257. The Morgan fingerprint density at radius 1 is 1.29 bits per heavy atom. The highest BCUT2D eigenvalue weighted by Gasteiger charge is 2.22. The van der Waals surface area contributed by atoms with Crippen molar-refractivity contribution < 1.29 is 13.6 Å². The van der Waals surface area contributed by atoms with E-state index in [0.717, 1.165) is 31.5 Å². The molecule has 1 atom stereocenters. The Hall–Kier alpha value is -1.00. The van der Waals surface area contributed by atoms with Crippen molar-refractivity contribution >= 4 is 18.2 Å². The highest BCUT2D eigenvalue weighted by molar-refractivity contribution is 5.98. The lowest BCUT2D eigenvalue weighted by atomic mass is 9.91. The number of ketones is 1. The van der Waals surface area contributed by atoms with Gasteiger partial charge in [0.1, 0.15) is 0 Å². The lowest BCUT2D eigenvalue weighted by Crippen LogP contribution is -2.34. The molecule has 1 aliphatic heterocycles. The smallest absolute Gasteiger partial charge is 0.167 e. The number of carbonyl (C=O) groups excluding carboxylic acids is 1. The lowest BCUT2D eigenvalue weighted by molar-refractivity contribution is 0.0899. The molecule has 0 bridgehead atoms. The van der Waals surface area contributed by atoms with Crippen molar-refractivity contribution in [3.8, 4) is 0 Å². The first-order valence-corrected chi connectivity index (χ1v) is 5.38. The van der Waals surface area contributed by atoms with E-state index in [-0.39, 0.29) is 29.7 Å². The average Bonchev–Trinajstić information content (AvgIpc) is 2.33. The molecule has 94 valence electrons. The van der Waals surface area contributed by atoms with E-state index in [4.69, 9.17) is 0 Å². The first-order valence-electron chi connectivity index (χ1n) is 5.38. The lowest BCUT2D eigenvalue weighted by Gasteiger charge is -2.21. The molecule has 0 saturated carbocycles. The molecule has 0 spiro atoms. The highest BCUT2D eigenvalue weighted by atomic mass is 35.5. The molecule has 0 aromatic heterocycles. The highest BCUT2D eigenvalue weighted by Crippen LogP contribution is 2.18. The monoisotopic (exact) mass is 261 g/mol. The summed E-state index contributed by atoms with van der Waals surface area (Å²) < 4.78 is 25.7. The van der Waals surface area contributed by atoms with E-state index in [1.807, 2.05) is 0 Å². The maximum absolute atomic E-state index is 13.0. The molecule has 2 rings (SSSR count). The van der Waals surface area contributed by atoms with Crippen molar-refractivity contribution in [1.29, 1.82) is 0 Å². The largest absolute Gasteiger partial charge is 0.316 e. The van der Waals surface area contributed by atoms with E-state index in [9.17, 15) is 13.6 Å². The number of hydrogen-bond acceptors (Lipinski definition) is 2. The number of benzene rings is 1. The van der Waals surface area contributed by atoms with Gasteiger partial charge < -0.3 is 5.32 Å². The SMILES string of the molecule is Cl.O=C(c1ccc(F)c(F)c1)C1CCCNC1. The van der Waals surface area contributed by atoms with E-state index >= 15 is 0 Å². The molecule has 1 heterocycles. The summed E-state index contributed by atoms with van der Waals surface area (Å²) in [6.07, 6.45) is 1.75. The average molecular weight is 262 g/mol. The first kappa shape index (κ1) is 14.1. The number of halogens is 3. The topological polar surface area (TPSA) is 29.1 Å². The molecule has 0 aliphatic carbocycles. The third kappa shape index (κ3) is 3.23. The molecule has 1 unspecified atom stereocenters. The normalized spacial score (nSPS) is 19.5. The molecular weight excluding hydrogens is 248 g/mol. The standard InChI is InChI=1S/C12H13F2NO.ClH/c13-10-4-3-8(6-11(10)14)12(16)9-2-1-5-15-7-9;/h3-4,6,9,15H,1-2,5,7H2;1H. The zero-order chi connectivity index (χ0) is 11.5. The maximum atomic E-state index is 13.0. The Labute approximate surface area is 105 Å². The van der Waals surface area contributed by atoms with Gasteiger partial charge in [0.25, 0.3) is 0 Å². The second kappa shape index (κ2) is 6.07. The summed E-state index contributed by atoms with van der Waals surface area (Å²) in [6.45, 7) is 1.54. The Morgan fingerprint density at radius 2 is 2.06 bits per heavy atom. The second-order valence-corrected chi connectivity index (χ2v) is 4.04. The first-order chi connectivity index (χ1) is 7.68. The van der Waals surface area contributed by atoms with Gasteiger partial charge in [-0.05, 0) is 37.6 Å². The minimum atomic E-state index is -0.963. The third-order valence-corrected chi connectivity index (χ3v) is 2.87. The molecular formula is C12H14ClF2NO. The summed E-state index contributed by atoms with van der Waals surface area (Å²) >= 11 is 0. The predicted molar refractivity (Wildman–Crippen MR) is 63.5 cm³/mol. The van der Waals surface area contributed by atoms with E-state index in [1.54, 1.807) is 0 Å². The van der Waals surface area contributed by atoms with Crippen molar-refractivity contribution in [2.75, 3.05) is 13.1 Å². The van der Waals surface area contributed by atoms with Crippen LogP contribution in [0.3, 0.4) is 0 Å². The van der Waals surface area contributed by atoms with Gasteiger partial charge in [-0.1, -0.05) is 0 Å². The van der Waals surface area contributed by atoms with Crippen LogP contribution in [0.2, 0.25) is 0 Å². The fraction of sp³-hybridized carbons (Fsp3) is 0.417. The van der Waals surface area contributed by atoms with Crippen LogP contribution in [0.25, 0.3) is 0 Å². The maximum Gasteiger partial charge on any atom is 0.167 e. The van der Waals surface area contributed by atoms with Crippen molar-refractivity contribution in [3.05, 3.63) is 35.4 Å². The Morgan fingerprint density at radius 3 is 2.65 bits per heavy atom. The van der Waals surface area contributed by atoms with E-state index in [1.165, 1.54) is 6.07 Å². The van der Waals surface area contributed by atoms with Gasteiger partial charge in [0.2, 0.25) is 0 Å². The van der Waals surface area contributed by atoms with Crippen molar-refractivity contribution in [3.63, 3.8) is 0 Å². The molecule has 0 radical (unpaired) electrons. The molecule has 1 fully saturated rings. The fourth-order valence-electron chi connectivity index (χ4n) is 1.96. The quantitative estimate of drug-likeness (QED) is 0.829. The summed E-state index contributed by atoms with van der Waals surface area (Å²) in [5.74, 6) is -2.10. The van der Waals surface area contributed by atoms with Gasteiger partial charge in [0.15, 0.2) is 17.4 Å². The van der Waals surface area contributed by atoms with Crippen LogP contribution in [0.4, 0.5) is 8.78 Å². The van der Waals surface area contributed by atoms with Crippen molar-refractivity contribution in [1.82, 2.24) is 5.32 Å². The minimum Gasteiger partial charge on any atom is -0.316 e. The van der Waals surface area contributed by atoms with Crippen LogP contribution in [-0.4, -0.2) is 18.9 Å². The van der Waals surface area contributed by atoms with E-state index in [0.29, 0.717) is 6.54 Å². The fourth-order valence-corrected chi connectivity index (χ4v) is 1.96. The van der Waals surface area contributed by atoms with Gasteiger partial charge in [-0.3, -0.25) is 4.79 Å². The van der Waals surface area contributed by atoms with Gasteiger partial charge >= 0.3 is 0 Å². The molecule has 1 aromatic carbocycles. The number of rotatable bonds is 2. The summed E-state index contributed by atoms with van der Waals surface area (Å²) in [4.78, 5) is 11.9. The van der Waals surface area contributed by atoms with Crippen LogP contribution in [-0.2, 0) is 0 Å². The second-order valence-electron chi connectivity index (χ2n) is 4.04. The number of piperidine rings is 1. The van der Waals surface area contributed by atoms with Gasteiger partial charge in [-0.15, -0.1) is 12.4 Å². The van der Waals surface area contributed by atoms with Gasteiger partial charge in [0.05, 0.1) is 0 Å². The Balaban J connectivity index is 0.00000144. The Bertz CT molecular complexity index is 405. The van der Waals surface area contributed by atoms with Crippen molar-refractivity contribution in [2.24, 2.45) is 5.92 Å². The van der Waals surface area contributed by atoms with Crippen LogP contribution in [0.15, 0.2) is 18.2 Å². The minimum absolute atomic E-state index is 0. The van der Waals surface area contributed by atoms with Crippen LogP contribution in [0, 0.1) is 17.6 Å². The number of hydrogen-bond donors (Lipinski definition) is 1. The number of Topliss-reactive ketones (excluding diaryl/α,β-unsaturated/α-hetero) is 1. The van der Waals surface area contributed by atoms with Gasteiger partial charge in [0, 0.05) is 18.0 Å². The Kier molecular flexibility index (Phi) is 5.02. The number of nitrogens with one attached hydrogen (secondary N) is 1. The molecule has 2 nitrogen and oxygen atoms in total. The molecule has 0 amide bonds. The van der Waals surface area contributed by atoms with Crippen LogP contribution < -0.4 is 5.32 Å². The molecule has 17 heavy (non-hydrogen) atoms. The zero-order valence-corrected chi connectivity index (χ0v) is 10.0. The van der Waals surface area contributed by atoms with Gasteiger partial charge in [-0.25, -0.2) is 8.78 Å². The third-order valence-electron chi connectivity index (χ3n) is 2.87. The molecule has 1 N–H and O–H groups in total. The summed E-state index contributed by atoms with van der Waals surface area (Å²) in [6, 6.07) is 3.32. The van der Waals surface area contributed by atoms with E-state index in [2.05, 4.69) is 5.32 Å². The predicted octanol–water partition coefficient (Wildman–Crippen LogP) is 2.57. The van der Waals surface area contributed by atoms with Crippen LogP contribution in [0.5, 0.6) is 0 Å². The summed E-state index contributed by atoms with van der Waals surface area (Å²) in [7, 11) is 0. The van der Waals surface area contributed by atoms with Gasteiger partial charge in [-0.2, -0.15) is 0 Å². The van der Waals surface area contributed by atoms with Crippen LogP contribution >= 0.6 is 12.4 Å². The molecule has 5 heteroatoms. The number of carbonyl (C=O) groups is 1.